The molecular formula is C25H32N4OS. The van der Waals surface area contributed by atoms with E-state index in [1.807, 2.05) is 44.4 Å². The van der Waals surface area contributed by atoms with E-state index < -0.39 is 0 Å². The highest BCUT2D eigenvalue weighted by Gasteiger charge is 2.15. The van der Waals surface area contributed by atoms with Crippen LogP contribution in [0.15, 0.2) is 47.3 Å². The van der Waals surface area contributed by atoms with Gasteiger partial charge in [0.15, 0.2) is 5.11 Å². The molecule has 0 saturated carbocycles. The van der Waals surface area contributed by atoms with Crippen LogP contribution in [0.25, 0.3) is 10.9 Å². The number of aromatic nitrogens is 1. The molecule has 0 bridgehead atoms. The Morgan fingerprint density at radius 1 is 1.03 bits per heavy atom. The molecule has 0 fully saturated rings. The van der Waals surface area contributed by atoms with Crippen LogP contribution in [0.4, 0.5) is 5.69 Å². The van der Waals surface area contributed by atoms with Gasteiger partial charge in [-0.25, -0.2) is 0 Å². The number of thiocarbonyl (C=S) groups is 1. The Balaban J connectivity index is 1.90. The molecule has 5 nitrogen and oxygen atoms in total. The first-order valence-corrected chi connectivity index (χ1v) is 11.1. The first-order chi connectivity index (χ1) is 14.8. The molecule has 164 valence electrons. The second-order valence-electron chi connectivity index (χ2n) is 8.31. The second-order valence-corrected chi connectivity index (χ2v) is 8.70. The number of hydrogen-bond acceptors (Lipinski definition) is 3. The molecular weight excluding hydrogens is 404 g/mol. The quantitative estimate of drug-likeness (QED) is 0.535. The summed E-state index contributed by atoms with van der Waals surface area (Å²) in [6.07, 6.45) is 0.923. The highest BCUT2D eigenvalue weighted by Crippen LogP contribution is 2.19. The average molecular weight is 437 g/mol. The normalized spacial score (nSPS) is 11.2. The van der Waals surface area contributed by atoms with Gasteiger partial charge in [0.05, 0.1) is 6.54 Å². The van der Waals surface area contributed by atoms with E-state index in [1.165, 1.54) is 16.7 Å². The van der Waals surface area contributed by atoms with Gasteiger partial charge in [-0.2, -0.15) is 0 Å². The Morgan fingerprint density at radius 3 is 2.45 bits per heavy atom. The Bertz CT molecular complexity index is 1140. The molecule has 0 radical (unpaired) electrons. The third kappa shape index (κ3) is 5.71. The number of anilines is 1. The van der Waals surface area contributed by atoms with Crippen molar-refractivity contribution in [2.24, 2.45) is 0 Å². The van der Waals surface area contributed by atoms with Gasteiger partial charge in [-0.15, -0.1) is 0 Å². The van der Waals surface area contributed by atoms with Crippen LogP contribution in [-0.4, -0.2) is 47.1 Å². The molecule has 1 aromatic heterocycles. The Hall–Kier alpha value is -2.70. The lowest BCUT2D eigenvalue weighted by molar-refractivity contribution is 0.327. The van der Waals surface area contributed by atoms with Crippen LogP contribution in [0.2, 0.25) is 0 Å². The van der Waals surface area contributed by atoms with E-state index in [-0.39, 0.29) is 5.56 Å². The molecule has 0 unspecified atom stereocenters. The van der Waals surface area contributed by atoms with Gasteiger partial charge in [0, 0.05) is 29.9 Å². The third-order valence-corrected chi connectivity index (χ3v) is 6.00. The number of aryl methyl sites for hydroxylation is 3. The van der Waals surface area contributed by atoms with E-state index in [4.69, 9.17) is 12.2 Å². The number of aromatic amines is 1. The predicted molar refractivity (Wildman–Crippen MR) is 135 cm³/mol. The summed E-state index contributed by atoms with van der Waals surface area (Å²) in [6, 6.07) is 14.3. The molecule has 2 aromatic carbocycles. The molecule has 0 saturated heterocycles. The summed E-state index contributed by atoms with van der Waals surface area (Å²) in [6.45, 7) is 8.28. The highest BCUT2D eigenvalue weighted by molar-refractivity contribution is 7.80. The van der Waals surface area contributed by atoms with Gasteiger partial charge >= 0.3 is 0 Å². The zero-order chi connectivity index (χ0) is 22.5. The van der Waals surface area contributed by atoms with E-state index in [0.29, 0.717) is 17.2 Å². The summed E-state index contributed by atoms with van der Waals surface area (Å²) in [5.41, 5.74) is 6.13. The molecule has 0 spiro atoms. The van der Waals surface area contributed by atoms with Crippen LogP contribution in [0.3, 0.4) is 0 Å². The highest BCUT2D eigenvalue weighted by atomic mass is 32.1. The largest absolute Gasteiger partial charge is 0.343 e. The van der Waals surface area contributed by atoms with E-state index in [9.17, 15) is 4.79 Å². The number of nitrogens with one attached hydrogen (secondary N) is 2. The molecule has 0 amide bonds. The number of hydrogen-bond donors (Lipinski definition) is 2. The first-order valence-electron chi connectivity index (χ1n) is 10.7. The Labute approximate surface area is 190 Å². The minimum atomic E-state index is -0.0673. The molecule has 0 atom stereocenters. The number of pyridine rings is 1. The zero-order valence-electron chi connectivity index (χ0n) is 19.1. The number of rotatable bonds is 7. The predicted octanol–water partition coefficient (Wildman–Crippen LogP) is 4.47. The molecule has 0 aliphatic rings. The van der Waals surface area contributed by atoms with Crippen LogP contribution in [0.1, 0.15) is 29.2 Å². The van der Waals surface area contributed by atoms with E-state index in [2.05, 4.69) is 53.0 Å². The molecule has 0 aliphatic heterocycles. The molecule has 1 heterocycles. The number of para-hydroxylation sites is 1. The van der Waals surface area contributed by atoms with Crippen molar-refractivity contribution in [2.45, 2.75) is 33.7 Å². The minimum Gasteiger partial charge on any atom is -0.343 e. The summed E-state index contributed by atoms with van der Waals surface area (Å²) in [7, 11) is 4.07. The van der Waals surface area contributed by atoms with Crippen molar-refractivity contribution < 1.29 is 0 Å². The van der Waals surface area contributed by atoms with Crippen molar-refractivity contribution in [2.75, 3.05) is 32.5 Å². The van der Waals surface area contributed by atoms with E-state index in [0.717, 1.165) is 36.1 Å². The summed E-state index contributed by atoms with van der Waals surface area (Å²) in [4.78, 5) is 20.1. The Morgan fingerprint density at radius 2 is 1.74 bits per heavy atom. The molecule has 31 heavy (non-hydrogen) atoms. The number of benzene rings is 2. The SMILES string of the molecule is CCc1ccccc1NC(=S)N(CCN(C)C)Cc1cc2cc(C)c(C)cc2[nH]c1=O. The van der Waals surface area contributed by atoms with Gasteiger partial charge in [0.1, 0.15) is 0 Å². The summed E-state index contributed by atoms with van der Waals surface area (Å²) in [5, 5.41) is 5.07. The summed E-state index contributed by atoms with van der Waals surface area (Å²) < 4.78 is 0. The second kappa shape index (κ2) is 10.1. The van der Waals surface area contributed by atoms with Crippen LogP contribution in [0, 0.1) is 13.8 Å². The van der Waals surface area contributed by atoms with Crippen molar-refractivity contribution in [3.05, 3.63) is 75.1 Å². The Kier molecular flexibility index (Phi) is 7.46. The van der Waals surface area contributed by atoms with E-state index >= 15 is 0 Å². The maximum absolute atomic E-state index is 12.8. The number of likely N-dealkylation sites (N-methyl/N-ethyl adjacent to an activating group) is 1. The number of H-pyrrole nitrogens is 1. The maximum Gasteiger partial charge on any atom is 0.253 e. The van der Waals surface area contributed by atoms with Crippen molar-refractivity contribution in [3.63, 3.8) is 0 Å². The average Bonchev–Trinajstić information content (AvgIpc) is 2.73. The smallest absolute Gasteiger partial charge is 0.253 e. The molecule has 0 aliphatic carbocycles. The lowest BCUT2D eigenvalue weighted by Gasteiger charge is -2.28. The summed E-state index contributed by atoms with van der Waals surface area (Å²) >= 11 is 5.78. The maximum atomic E-state index is 12.8. The summed E-state index contributed by atoms with van der Waals surface area (Å²) in [5.74, 6) is 0. The number of fused-ring (bicyclic) bond motifs is 1. The van der Waals surface area contributed by atoms with Crippen LogP contribution < -0.4 is 10.9 Å². The van der Waals surface area contributed by atoms with Crippen LogP contribution in [-0.2, 0) is 13.0 Å². The van der Waals surface area contributed by atoms with Crippen molar-refractivity contribution >= 4 is 33.9 Å². The standard InChI is InChI=1S/C25H32N4OS/c1-6-19-9-7-8-10-22(19)27-25(31)29(12-11-28(4)5)16-21-15-20-13-17(2)18(3)14-23(20)26-24(21)30/h7-10,13-15H,6,11-12,16H2,1-5H3,(H,26,30)(H,27,31). The van der Waals surface area contributed by atoms with Crippen molar-refractivity contribution in [1.82, 2.24) is 14.8 Å². The van der Waals surface area contributed by atoms with Gasteiger partial charge in [-0.3, -0.25) is 4.79 Å². The van der Waals surface area contributed by atoms with Crippen LogP contribution in [0.5, 0.6) is 0 Å². The van der Waals surface area contributed by atoms with Gasteiger partial charge in [-0.05, 0) is 92.9 Å². The molecule has 3 rings (SSSR count). The third-order valence-electron chi connectivity index (χ3n) is 5.64. The van der Waals surface area contributed by atoms with Crippen LogP contribution >= 0.6 is 12.2 Å². The lowest BCUT2D eigenvalue weighted by atomic mass is 10.0. The fourth-order valence-electron chi connectivity index (χ4n) is 3.56. The number of nitrogens with zero attached hydrogens (tertiary/aromatic N) is 2. The van der Waals surface area contributed by atoms with Gasteiger partial charge in [0.25, 0.3) is 5.56 Å². The molecule has 6 heteroatoms. The monoisotopic (exact) mass is 436 g/mol. The fraction of sp³-hybridized carbons (Fsp3) is 0.360. The molecule has 2 N–H and O–H groups in total. The topological polar surface area (TPSA) is 51.4 Å². The fourth-order valence-corrected chi connectivity index (χ4v) is 3.83. The first kappa shape index (κ1) is 23.0. The zero-order valence-corrected chi connectivity index (χ0v) is 19.9. The lowest BCUT2D eigenvalue weighted by Crippen LogP contribution is -2.40. The van der Waals surface area contributed by atoms with Gasteiger partial charge in [-0.1, -0.05) is 25.1 Å². The van der Waals surface area contributed by atoms with Crippen molar-refractivity contribution in [1.29, 1.82) is 0 Å². The van der Waals surface area contributed by atoms with Gasteiger partial charge in [0.2, 0.25) is 0 Å². The minimum absolute atomic E-state index is 0.0673. The molecule has 3 aromatic rings. The van der Waals surface area contributed by atoms with Gasteiger partial charge < -0.3 is 20.1 Å². The van der Waals surface area contributed by atoms with Crippen molar-refractivity contribution in [3.8, 4) is 0 Å². The van der Waals surface area contributed by atoms with E-state index in [1.54, 1.807) is 0 Å².